The number of ether oxygens (including phenoxy) is 1. The Morgan fingerprint density at radius 2 is 1.89 bits per heavy atom. The number of anilines is 1. The van der Waals surface area contributed by atoms with Crippen LogP contribution in [0.4, 0.5) is 5.82 Å². The summed E-state index contributed by atoms with van der Waals surface area (Å²) in [6.07, 6.45) is 4.96. The fourth-order valence-corrected chi connectivity index (χ4v) is 5.91. The molecule has 2 saturated heterocycles. The van der Waals surface area contributed by atoms with Gasteiger partial charge >= 0.3 is 0 Å². The van der Waals surface area contributed by atoms with Crippen LogP contribution >= 0.6 is 24.0 Å². The van der Waals surface area contributed by atoms with E-state index in [4.69, 9.17) is 21.9 Å². The van der Waals surface area contributed by atoms with E-state index in [0.29, 0.717) is 45.8 Å². The Balaban J connectivity index is 1.38. The Morgan fingerprint density at radius 3 is 2.68 bits per heavy atom. The number of morpholine rings is 1. The average molecular weight is 550 g/mol. The van der Waals surface area contributed by atoms with Gasteiger partial charge in [0.05, 0.1) is 23.7 Å². The predicted octanol–water partition coefficient (Wildman–Crippen LogP) is 3.58. The number of thiocarbonyl (C=S) groups is 1. The lowest BCUT2D eigenvalue weighted by Crippen LogP contribution is -2.37. The van der Waals surface area contributed by atoms with Crippen LogP contribution < -0.4 is 10.9 Å². The van der Waals surface area contributed by atoms with Gasteiger partial charge in [0.15, 0.2) is 0 Å². The second kappa shape index (κ2) is 12.2. The molecular formula is C28H31N5O3S2. The minimum atomic E-state index is -0.219. The quantitative estimate of drug-likeness (QED) is 0.247. The second-order valence-corrected chi connectivity index (χ2v) is 11.0. The van der Waals surface area contributed by atoms with Crippen molar-refractivity contribution in [2.45, 2.75) is 19.8 Å². The first-order valence-electron chi connectivity index (χ1n) is 12.9. The number of hydrogen-bond acceptors (Lipinski definition) is 8. The van der Waals surface area contributed by atoms with Crippen LogP contribution in [0.25, 0.3) is 11.7 Å². The highest BCUT2D eigenvalue weighted by atomic mass is 32.2. The van der Waals surface area contributed by atoms with Crippen molar-refractivity contribution in [3.8, 4) is 0 Å². The summed E-state index contributed by atoms with van der Waals surface area (Å²) in [5.41, 5.74) is 2.79. The van der Waals surface area contributed by atoms with Gasteiger partial charge in [0.1, 0.15) is 15.8 Å². The predicted molar refractivity (Wildman–Crippen MR) is 157 cm³/mol. The highest BCUT2D eigenvalue weighted by molar-refractivity contribution is 8.26. The van der Waals surface area contributed by atoms with Gasteiger partial charge in [-0.15, -0.1) is 0 Å². The molecule has 0 saturated carbocycles. The fourth-order valence-electron chi connectivity index (χ4n) is 4.62. The summed E-state index contributed by atoms with van der Waals surface area (Å²) in [7, 11) is 0. The van der Waals surface area contributed by atoms with Crippen molar-refractivity contribution in [3.05, 3.63) is 80.6 Å². The summed E-state index contributed by atoms with van der Waals surface area (Å²) >= 11 is 6.76. The van der Waals surface area contributed by atoms with Crippen molar-refractivity contribution in [1.82, 2.24) is 19.2 Å². The molecule has 2 fully saturated rings. The molecule has 0 spiro atoms. The van der Waals surface area contributed by atoms with Crippen LogP contribution in [0.3, 0.4) is 0 Å². The monoisotopic (exact) mass is 549 g/mol. The zero-order chi connectivity index (χ0) is 26.5. The van der Waals surface area contributed by atoms with E-state index in [0.717, 1.165) is 50.4 Å². The first kappa shape index (κ1) is 26.6. The number of amides is 1. The Morgan fingerprint density at radius 1 is 1.11 bits per heavy atom. The molecule has 3 aromatic rings. The minimum absolute atomic E-state index is 0.178. The lowest BCUT2D eigenvalue weighted by molar-refractivity contribution is -0.122. The maximum Gasteiger partial charge on any atom is 0.267 e. The molecule has 5 rings (SSSR count). The van der Waals surface area contributed by atoms with Crippen LogP contribution in [0.2, 0.25) is 0 Å². The van der Waals surface area contributed by atoms with Crippen LogP contribution in [0, 0.1) is 6.92 Å². The van der Waals surface area contributed by atoms with E-state index >= 15 is 0 Å². The molecule has 1 N–H and O–H groups in total. The number of fused-ring (bicyclic) bond motifs is 1. The molecule has 10 heteroatoms. The number of benzene rings is 1. The van der Waals surface area contributed by atoms with Crippen molar-refractivity contribution >= 4 is 51.7 Å². The van der Waals surface area contributed by atoms with Gasteiger partial charge in [0, 0.05) is 32.4 Å². The van der Waals surface area contributed by atoms with Crippen LogP contribution in [0.1, 0.15) is 23.1 Å². The summed E-state index contributed by atoms with van der Waals surface area (Å²) in [5.74, 6) is 0.309. The van der Waals surface area contributed by atoms with Gasteiger partial charge in [-0.3, -0.25) is 23.8 Å². The molecular weight excluding hydrogens is 518 g/mol. The molecule has 0 aliphatic carbocycles. The first-order chi connectivity index (χ1) is 18.5. The number of rotatable bonds is 9. The normalized spacial score (nSPS) is 17.6. The molecule has 0 atom stereocenters. The fraction of sp³-hybridized carbons (Fsp3) is 0.357. The lowest BCUT2D eigenvalue weighted by atomic mass is 10.1. The van der Waals surface area contributed by atoms with E-state index in [1.807, 2.05) is 49.4 Å². The topological polar surface area (TPSA) is 79.2 Å². The minimum Gasteiger partial charge on any atom is -0.379 e. The Labute approximate surface area is 231 Å². The van der Waals surface area contributed by atoms with Gasteiger partial charge in [0.2, 0.25) is 0 Å². The SMILES string of the molecule is Cc1cccn2c(=O)c(C=C3SC(=S)N(CCc4ccccc4)C3=O)c(NCCCN3CCOCC3)nc12. The third kappa shape index (κ3) is 5.99. The zero-order valence-corrected chi connectivity index (χ0v) is 23.0. The number of pyridine rings is 1. The molecule has 198 valence electrons. The summed E-state index contributed by atoms with van der Waals surface area (Å²) in [4.78, 5) is 36.1. The molecule has 2 aliphatic rings. The van der Waals surface area contributed by atoms with Crippen molar-refractivity contribution in [2.24, 2.45) is 0 Å². The van der Waals surface area contributed by atoms with E-state index < -0.39 is 0 Å². The van der Waals surface area contributed by atoms with Crippen molar-refractivity contribution in [3.63, 3.8) is 0 Å². The number of nitrogens with zero attached hydrogens (tertiary/aromatic N) is 4. The Bertz CT molecular complexity index is 1420. The average Bonchev–Trinajstić information content (AvgIpc) is 3.20. The van der Waals surface area contributed by atoms with Crippen LogP contribution in [-0.2, 0) is 16.0 Å². The van der Waals surface area contributed by atoms with Crippen LogP contribution in [0.5, 0.6) is 0 Å². The summed E-state index contributed by atoms with van der Waals surface area (Å²) in [6.45, 7) is 7.43. The second-order valence-electron chi connectivity index (χ2n) is 9.37. The highest BCUT2D eigenvalue weighted by Gasteiger charge is 2.32. The Hall–Kier alpha value is -3.05. The maximum absolute atomic E-state index is 13.6. The van der Waals surface area contributed by atoms with Gasteiger partial charge in [-0.05, 0) is 49.6 Å². The van der Waals surface area contributed by atoms with Gasteiger partial charge in [0.25, 0.3) is 11.5 Å². The van der Waals surface area contributed by atoms with Crippen LogP contribution in [-0.4, -0.2) is 75.3 Å². The maximum atomic E-state index is 13.6. The van der Waals surface area contributed by atoms with Gasteiger partial charge in [-0.1, -0.05) is 60.4 Å². The molecule has 0 radical (unpaired) electrons. The van der Waals surface area contributed by atoms with Gasteiger partial charge in [-0.25, -0.2) is 4.98 Å². The molecule has 8 nitrogen and oxygen atoms in total. The first-order valence-corrected chi connectivity index (χ1v) is 14.1. The molecule has 2 aromatic heterocycles. The summed E-state index contributed by atoms with van der Waals surface area (Å²) in [5, 5.41) is 3.38. The number of thioether (sulfide) groups is 1. The molecule has 1 aromatic carbocycles. The van der Waals surface area contributed by atoms with E-state index in [1.165, 1.54) is 16.2 Å². The van der Waals surface area contributed by atoms with Gasteiger partial charge < -0.3 is 10.1 Å². The number of hydrogen-bond donors (Lipinski definition) is 1. The van der Waals surface area contributed by atoms with Crippen molar-refractivity contribution in [2.75, 3.05) is 51.3 Å². The molecule has 0 bridgehead atoms. The molecule has 1 amide bonds. The molecule has 4 heterocycles. The molecule has 38 heavy (non-hydrogen) atoms. The van der Waals surface area contributed by atoms with Crippen LogP contribution in [0.15, 0.2) is 58.4 Å². The number of aromatic nitrogens is 2. The lowest BCUT2D eigenvalue weighted by Gasteiger charge is -2.26. The Kier molecular flexibility index (Phi) is 8.53. The smallest absolute Gasteiger partial charge is 0.267 e. The standard InChI is InChI=1S/C28H31N5O3S2/c1-20-7-5-13-32-25(20)30-24(29-11-6-12-31-15-17-36-18-16-31)22(26(32)34)19-23-27(35)33(28(37)38-23)14-10-21-8-3-2-4-9-21/h2-5,7-9,13,19,29H,6,10-12,14-18H2,1H3. The molecule has 0 unspecified atom stereocenters. The largest absolute Gasteiger partial charge is 0.379 e. The van der Waals surface area contributed by atoms with Gasteiger partial charge in [-0.2, -0.15) is 0 Å². The highest BCUT2D eigenvalue weighted by Crippen LogP contribution is 2.33. The van der Waals surface area contributed by atoms with E-state index in [2.05, 4.69) is 10.2 Å². The summed E-state index contributed by atoms with van der Waals surface area (Å²) < 4.78 is 7.47. The number of aryl methyl sites for hydroxylation is 1. The number of carbonyl (C=O) groups is 1. The van der Waals surface area contributed by atoms with Crippen molar-refractivity contribution in [1.29, 1.82) is 0 Å². The van der Waals surface area contributed by atoms with E-state index in [1.54, 1.807) is 17.2 Å². The van der Waals surface area contributed by atoms with E-state index in [9.17, 15) is 9.59 Å². The number of carbonyl (C=O) groups excluding carboxylic acids is 1. The third-order valence-corrected chi connectivity index (χ3v) is 8.13. The number of nitrogens with one attached hydrogen (secondary N) is 1. The molecule has 2 aliphatic heterocycles. The van der Waals surface area contributed by atoms with E-state index in [-0.39, 0.29) is 11.5 Å². The summed E-state index contributed by atoms with van der Waals surface area (Å²) in [6, 6.07) is 13.8. The zero-order valence-electron chi connectivity index (χ0n) is 21.4. The third-order valence-electron chi connectivity index (χ3n) is 6.75. The van der Waals surface area contributed by atoms with Crippen molar-refractivity contribution < 1.29 is 9.53 Å².